The van der Waals surface area contributed by atoms with E-state index in [1.54, 1.807) is 11.3 Å². The molecule has 0 fully saturated rings. The summed E-state index contributed by atoms with van der Waals surface area (Å²) in [6.07, 6.45) is 1.82. The van der Waals surface area contributed by atoms with Crippen molar-refractivity contribution in [2.24, 2.45) is 0 Å². The number of benzene rings is 1. The third-order valence-corrected chi connectivity index (χ3v) is 5.32. The molecule has 120 valence electrons. The van der Waals surface area contributed by atoms with Gasteiger partial charge in [-0.1, -0.05) is 17.7 Å². The molecule has 4 nitrogen and oxygen atoms in total. The number of hydrogen-bond acceptors (Lipinski definition) is 5. The van der Waals surface area contributed by atoms with E-state index in [0.717, 1.165) is 16.0 Å². The fraction of sp³-hybridized carbons (Fsp3) is 0.167. The summed E-state index contributed by atoms with van der Waals surface area (Å²) in [4.78, 5) is 18.5. The molecule has 2 heterocycles. The Morgan fingerprint density at radius 3 is 2.46 bits per heavy atom. The molecule has 0 N–H and O–H groups in total. The highest BCUT2D eigenvalue weighted by Crippen LogP contribution is 2.29. The van der Waals surface area contributed by atoms with Crippen LogP contribution in [0.1, 0.15) is 16.7 Å². The van der Waals surface area contributed by atoms with Crippen LogP contribution in [-0.4, -0.2) is 15.8 Å². The number of nitriles is 1. The van der Waals surface area contributed by atoms with E-state index in [9.17, 15) is 10.1 Å². The van der Waals surface area contributed by atoms with E-state index in [2.05, 4.69) is 4.98 Å². The number of thioether (sulfide) groups is 1. The topological polar surface area (TPSA) is 58.7 Å². The van der Waals surface area contributed by atoms with Crippen LogP contribution in [0.25, 0.3) is 16.4 Å². The van der Waals surface area contributed by atoms with Crippen molar-refractivity contribution < 1.29 is 0 Å². The van der Waals surface area contributed by atoms with Crippen molar-refractivity contribution >= 4 is 23.1 Å². The predicted octanol–water partition coefficient (Wildman–Crippen LogP) is 4.17. The lowest BCUT2D eigenvalue weighted by atomic mass is 10.2. The van der Waals surface area contributed by atoms with E-state index in [1.807, 2.05) is 61.9 Å². The average molecular weight is 353 g/mol. The van der Waals surface area contributed by atoms with Crippen LogP contribution in [0.5, 0.6) is 0 Å². The Bertz CT molecular complexity index is 995. The van der Waals surface area contributed by atoms with Gasteiger partial charge in [-0.15, -0.1) is 23.1 Å². The van der Waals surface area contributed by atoms with Gasteiger partial charge in [0.15, 0.2) is 5.82 Å². The summed E-state index contributed by atoms with van der Waals surface area (Å²) in [5.41, 5.74) is 2.69. The van der Waals surface area contributed by atoms with Gasteiger partial charge in [-0.25, -0.2) is 4.98 Å². The molecule has 0 bridgehead atoms. The molecule has 1 aromatic carbocycles. The number of rotatable bonds is 3. The zero-order chi connectivity index (χ0) is 17.3. The van der Waals surface area contributed by atoms with Crippen LogP contribution in [0.2, 0.25) is 0 Å². The molecule has 0 spiro atoms. The van der Waals surface area contributed by atoms with Gasteiger partial charge < -0.3 is 0 Å². The van der Waals surface area contributed by atoms with Gasteiger partial charge in [-0.2, -0.15) is 5.26 Å². The van der Waals surface area contributed by atoms with Crippen LogP contribution < -0.4 is 5.56 Å². The van der Waals surface area contributed by atoms with Crippen LogP contribution in [0.15, 0.2) is 45.5 Å². The highest BCUT2D eigenvalue weighted by Gasteiger charge is 2.19. The molecule has 0 atom stereocenters. The smallest absolute Gasteiger partial charge is 0.267 e. The maximum Gasteiger partial charge on any atom is 0.277 e. The van der Waals surface area contributed by atoms with Gasteiger partial charge in [0, 0.05) is 0 Å². The number of nitrogens with zero attached hydrogens (tertiary/aromatic N) is 3. The van der Waals surface area contributed by atoms with E-state index in [1.165, 1.54) is 16.3 Å². The molecule has 0 aliphatic carbocycles. The zero-order valence-corrected chi connectivity index (χ0v) is 15.2. The molecule has 3 aromatic rings. The summed E-state index contributed by atoms with van der Waals surface area (Å²) < 4.78 is 1.53. The van der Waals surface area contributed by atoms with E-state index < -0.39 is 0 Å². The van der Waals surface area contributed by atoms with Gasteiger partial charge >= 0.3 is 0 Å². The standard InChI is InChI=1S/C18H15N3OS2/c1-11-4-6-13(7-5-11)21-16(15-8-12(2)10-24-15)20-17(23-3)14(9-19)18(21)22/h4-8,10H,1-3H3. The molecule has 0 aliphatic heterocycles. The van der Waals surface area contributed by atoms with Crippen molar-refractivity contribution in [3.8, 4) is 22.5 Å². The fourth-order valence-electron chi connectivity index (χ4n) is 2.39. The Labute approximate surface area is 148 Å². The number of thiophene rings is 1. The van der Waals surface area contributed by atoms with E-state index >= 15 is 0 Å². The minimum Gasteiger partial charge on any atom is -0.267 e. The first-order valence-electron chi connectivity index (χ1n) is 7.29. The van der Waals surface area contributed by atoms with Crippen molar-refractivity contribution in [3.05, 3.63) is 62.8 Å². The Morgan fingerprint density at radius 1 is 1.21 bits per heavy atom. The summed E-state index contributed by atoms with van der Waals surface area (Å²) in [7, 11) is 0. The van der Waals surface area contributed by atoms with Crippen LogP contribution in [-0.2, 0) is 0 Å². The van der Waals surface area contributed by atoms with E-state index in [4.69, 9.17) is 0 Å². The SMILES string of the molecule is CSc1nc(-c2cc(C)cs2)n(-c2ccc(C)cc2)c(=O)c1C#N. The molecular weight excluding hydrogens is 338 g/mol. The molecule has 0 unspecified atom stereocenters. The first-order valence-corrected chi connectivity index (χ1v) is 9.39. The summed E-state index contributed by atoms with van der Waals surface area (Å²) in [5, 5.41) is 11.9. The first kappa shape index (κ1) is 16.5. The summed E-state index contributed by atoms with van der Waals surface area (Å²) in [6, 6.07) is 11.7. The number of hydrogen-bond donors (Lipinski definition) is 0. The maximum absolute atomic E-state index is 13.0. The lowest BCUT2D eigenvalue weighted by molar-refractivity contribution is 0.896. The second-order valence-corrected chi connectivity index (χ2v) is 7.10. The van der Waals surface area contributed by atoms with Gasteiger partial charge in [0.05, 0.1) is 10.6 Å². The normalized spacial score (nSPS) is 10.6. The molecule has 0 amide bonds. The van der Waals surface area contributed by atoms with E-state index in [0.29, 0.717) is 16.5 Å². The Hall–Kier alpha value is -2.36. The lowest BCUT2D eigenvalue weighted by Crippen LogP contribution is -2.25. The Morgan fingerprint density at radius 2 is 1.92 bits per heavy atom. The average Bonchev–Trinajstić information content (AvgIpc) is 3.01. The Kier molecular flexibility index (Phi) is 4.56. The van der Waals surface area contributed by atoms with Gasteiger partial charge in [0.2, 0.25) is 0 Å². The number of aryl methyl sites for hydroxylation is 2. The molecule has 6 heteroatoms. The summed E-state index contributed by atoms with van der Waals surface area (Å²) in [5.74, 6) is 0.574. The molecule has 3 rings (SSSR count). The molecule has 0 aliphatic rings. The van der Waals surface area contributed by atoms with Gasteiger partial charge in [0.1, 0.15) is 16.7 Å². The first-order chi connectivity index (χ1) is 11.5. The summed E-state index contributed by atoms with van der Waals surface area (Å²) >= 11 is 2.86. The van der Waals surface area contributed by atoms with Crippen molar-refractivity contribution in [2.45, 2.75) is 18.9 Å². The number of aromatic nitrogens is 2. The van der Waals surface area contributed by atoms with Gasteiger partial charge in [-0.05, 0) is 49.2 Å². The Balaban J connectivity index is 2.38. The monoisotopic (exact) mass is 353 g/mol. The van der Waals surface area contributed by atoms with Crippen LogP contribution >= 0.6 is 23.1 Å². The molecule has 0 radical (unpaired) electrons. The quantitative estimate of drug-likeness (QED) is 0.524. The third-order valence-electron chi connectivity index (χ3n) is 3.60. The highest BCUT2D eigenvalue weighted by atomic mass is 32.2. The zero-order valence-electron chi connectivity index (χ0n) is 13.5. The highest BCUT2D eigenvalue weighted by molar-refractivity contribution is 7.98. The molecular formula is C18H15N3OS2. The maximum atomic E-state index is 13.0. The predicted molar refractivity (Wildman–Crippen MR) is 99.1 cm³/mol. The van der Waals surface area contributed by atoms with Crippen molar-refractivity contribution in [3.63, 3.8) is 0 Å². The molecule has 0 saturated carbocycles. The van der Waals surface area contributed by atoms with Crippen LogP contribution in [0.4, 0.5) is 0 Å². The van der Waals surface area contributed by atoms with Crippen molar-refractivity contribution in [1.82, 2.24) is 9.55 Å². The molecule has 24 heavy (non-hydrogen) atoms. The van der Waals surface area contributed by atoms with Gasteiger partial charge in [-0.3, -0.25) is 9.36 Å². The third kappa shape index (κ3) is 2.88. The largest absolute Gasteiger partial charge is 0.277 e. The van der Waals surface area contributed by atoms with Crippen LogP contribution in [0.3, 0.4) is 0 Å². The molecule has 2 aromatic heterocycles. The van der Waals surface area contributed by atoms with E-state index in [-0.39, 0.29) is 11.1 Å². The molecule has 0 saturated heterocycles. The lowest BCUT2D eigenvalue weighted by Gasteiger charge is -2.13. The summed E-state index contributed by atoms with van der Waals surface area (Å²) in [6.45, 7) is 4.00. The van der Waals surface area contributed by atoms with Gasteiger partial charge in [0.25, 0.3) is 5.56 Å². The second-order valence-electron chi connectivity index (χ2n) is 5.40. The minimum atomic E-state index is -0.332. The second kappa shape index (κ2) is 6.63. The van der Waals surface area contributed by atoms with Crippen LogP contribution in [0, 0.1) is 25.2 Å². The minimum absolute atomic E-state index is 0.0834. The fourth-order valence-corrected chi connectivity index (χ4v) is 3.78. The van der Waals surface area contributed by atoms with Crippen molar-refractivity contribution in [1.29, 1.82) is 5.26 Å². The van der Waals surface area contributed by atoms with Crippen molar-refractivity contribution in [2.75, 3.05) is 6.26 Å².